The summed E-state index contributed by atoms with van der Waals surface area (Å²) in [5.41, 5.74) is -1.03. The molecule has 6 aromatic rings. The number of aromatic amines is 1. The molecular weight excluding hydrogens is 1100 g/mol. The number of H-pyrrole nitrogens is 1. The van der Waals surface area contributed by atoms with E-state index in [1.165, 1.54) is 45.2 Å². The molecule has 2 aromatic carbocycles. The maximum absolute atomic E-state index is 13.9. The van der Waals surface area contributed by atoms with E-state index in [1.807, 2.05) is 4.90 Å². The number of halogens is 4. The SMILES string of the molecule is C.C.CSc1nncc(CS(=O)(=O)N2CCN(c3cnn(-c4cc(F)cc(F)c4)c(=O)c3OC3CCCC3)CC2)n1.O=c1nc(CS(=O)(=O)N2CCN(c3cnn(-c4cc(F)cc(F)c4)c(=O)c3OC3CCCC3)CC2)cn[nH]1. The fourth-order valence-electron chi connectivity index (χ4n) is 9.43. The number of hydrogen-bond acceptors (Lipinski definition) is 19. The Hall–Kier alpha value is -6.89. The maximum atomic E-state index is 13.9. The Morgan fingerprint density at radius 1 is 0.582 bits per heavy atom. The Morgan fingerprint density at radius 3 is 1.38 bits per heavy atom. The van der Waals surface area contributed by atoms with Crippen LogP contribution in [0.1, 0.15) is 77.6 Å². The number of ether oxygens (including phenoxy) is 2. The van der Waals surface area contributed by atoms with E-state index in [0.29, 0.717) is 28.3 Å². The predicted octanol–water partition coefficient (Wildman–Crippen LogP) is 4.63. The Balaban J connectivity index is 0.000000223. The number of rotatable bonds is 15. The fraction of sp³-hybridized carbons (Fsp3) is 0.469. The van der Waals surface area contributed by atoms with Crippen molar-refractivity contribution in [3.05, 3.63) is 127 Å². The first-order valence-corrected chi connectivity index (χ1v) is 29.0. The highest BCUT2D eigenvalue weighted by molar-refractivity contribution is 7.98. The molecule has 4 aromatic heterocycles. The molecule has 2 aliphatic carbocycles. The number of hydrogen-bond donors (Lipinski definition) is 1. The van der Waals surface area contributed by atoms with Crippen molar-refractivity contribution < 1.29 is 43.9 Å². The normalized spacial score (nSPS) is 16.7. The van der Waals surface area contributed by atoms with Crippen LogP contribution in [0.25, 0.3) is 11.4 Å². The quantitative estimate of drug-likeness (QED) is 0.108. The summed E-state index contributed by atoms with van der Waals surface area (Å²) in [6, 6.07) is 5.48. The van der Waals surface area contributed by atoms with Crippen LogP contribution in [0.15, 0.2) is 80.7 Å². The number of nitrogens with zero attached hydrogens (tertiary/aromatic N) is 13. The van der Waals surface area contributed by atoms with Crippen molar-refractivity contribution in [1.82, 2.24) is 58.5 Å². The Bertz CT molecular complexity index is 3480. The topological polar surface area (TPSA) is 267 Å². The van der Waals surface area contributed by atoms with Gasteiger partial charge in [-0.15, -0.1) is 5.10 Å². The van der Waals surface area contributed by atoms with Gasteiger partial charge in [0.15, 0.2) is 0 Å². The highest BCUT2D eigenvalue weighted by Crippen LogP contribution is 2.33. The van der Waals surface area contributed by atoms with Gasteiger partial charge in [0.1, 0.15) is 46.1 Å². The first kappa shape index (κ1) is 59.8. The summed E-state index contributed by atoms with van der Waals surface area (Å²) in [5.74, 6) is -4.09. The zero-order valence-electron chi connectivity index (χ0n) is 41.4. The van der Waals surface area contributed by atoms with Crippen LogP contribution >= 0.6 is 11.8 Å². The highest BCUT2D eigenvalue weighted by atomic mass is 32.2. The smallest absolute Gasteiger partial charge is 0.361 e. The van der Waals surface area contributed by atoms with E-state index in [4.69, 9.17) is 9.47 Å². The second-order valence-electron chi connectivity index (χ2n) is 18.5. The van der Waals surface area contributed by atoms with E-state index in [0.717, 1.165) is 91.1 Å². The molecule has 10 rings (SSSR count). The number of piperazine rings is 2. The van der Waals surface area contributed by atoms with Gasteiger partial charge < -0.3 is 19.3 Å². The predicted molar refractivity (Wildman–Crippen MR) is 286 cm³/mol. The van der Waals surface area contributed by atoms with Crippen LogP contribution in [0.3, 0.4) is 0 Å². The van der Waals surface area contributed by atoms with Gasteiger partial charge in [-0.3, -0.25) is 9.59 Å². The van der Waals surface area contributed by atoms with Crippen molar-refractivity contribution in [2.75, 3.05) is 68.4 Å². The van der Waals surface area contributed by atoms with Gasteiger partial charge in [0.2, 0.25) is 36.7 Å². The minimum atomic E-state index is -3.78. The van der Waals surface area contributed by atoms with E-state index < -0.39 is 65.9 Å². The maximum Gasteiger partial charge on any atom is 0.361 e. The second-order valence-corrected chi connectivity index (χ2v) is 23.2. The Kier molecular flexibility index (Phi) is 19.6. The van der Waals surface area contributed by atoms with Crippen LogP contribution in [0.4, 0.5) is 28.9 Å². The van der Waals surface area contributed by atoms with Gasteiger partial charge in [0.05, 0.1) is 59.8 Å². The van der Waals surface area contributed by atoms with Gasteiger partial charge in [0.25, 0.3) is 0 Å². The van der Waals surface area contributed by atoms with Gasteiger partial charge in [-0.1, -0.05) is 26.6 Å². The number of benzene rings is 2. The Morgan fingerprint density at radius 2 is 0.987 bits per heavy atom. The molecule has 0 atom stereocenters. The molecule has 1 N–H and O–H groups in total. The summed E-state index contributed by atoms with van der Waals surface area (Å²) in [4.78, 5) is 49.8. The molecule has 0 unspecified atom stereocenters. The van der Waals surface area contributed by atoms with Crippen LogP contribution in [0.5, 0.6) is 11.5 Å². The average molecular weight is 1160 g/mol. The van der Waals surface area contributed by atoms with Crippen molar-refractivity contribution in [3.63, 3.8) is 0 Å². The molecule has 6 heterocycles. The summed E-state index contributed by atoms with van der Waals surface area (Å²) in [6.45, 7) is 1.63. The standard InChI is InChI=1S/C24H27F2N7O4S2.C23H25F2N7O5S.2CH4/c1-38-24-29-18(13-27-30-24)15-39(35,36)32-8-6-31(7-9-32)21-14-28-33(19-11-16(25)10-17(26)12-19)23(34)22(21)37-20-4-2-3-5-20;24-15-9-16(25)11-18(10-15)32-22(33)21(37-19-3-1-2-4-19)20(13-27-32)30-5-7-31(8-6-30)38(35,36)14-17-12-26-29-23(34)28-17;;/h10-14,20H,2-9,15H2,1H3;9-13,19H,1-8,14H2,(H,28,29,34);2*1H4. The van der Waals surface area contributed by atoms with E-state index in [1.54, 1.807) is 11.2 Å². The first-order valence-electron chi connectivity index (χ1n) is 24.5. The van der Waals surface area contributed by atoms with Crippen LogP contribution in [0, 0.1) is 23.3 Å². The van der Waals surface area contributed by atoms with Gasteiger partial charge in [-0.2, -0.15) is 43.4 Å². The lowest BCUT2D eigenvalue weighted by molar-refractivity contribution is 0.205. The molecule has 79 heavy (non-hydrogen) atoms. The van der Waals surface area contributed by atoms with Crippen molar-refractivity contribution in [1.29, 1.82) is 0 Å². The van der Waals surface area contributed by atoms with Gasteiger partial charge >= 0.3 is 16.8 Å². The summed E-state index contributed by atoms with van der Waals surface area (Å²) < 4.78 is 124. The minimum absolute atomic E-state index is 0. The van der Waals surface area contributed by atoms with E-state index >= 15 is 0 Å². The minimum Gasteiger partial charge on any atom is -0.483 e. The molecule has 4 fully saturated rings. The van der Waals surface area contributed by atoms with Crippen LogP contribution in [-0.4, -0.2) is 146 Å². The molecule has 426 valence electrons. The van der Waals surface area contributed by atoms with Crippen molar-refractivity contribution in [2.24, 2.45) is 0 Å². The van der Waals surface area contributed by atoms with Gasteiger partial charge in [-0.25, -0.2) is 49.3 Å². The Labute approximate surface area is 457 Å². The molecule has 0 radical (unpaired) electrons. The molecule has 2 aliphatic heterocycles. The lowest BCUT2D eigenvalue weighted by Crippen LogP contribution is -2.49. The van der Waals surface area contributed by atoms with Gasteiger partial charge in [-0.05, 0) is 81.9 Å². The molecule has 0 amide bonds. The molecule has 23 nitrogen and oxygen atoms in total. The number of anilines is 2. The highest BCUT2D eigenvalue weighted by Gasteiger charge is 2.33. The monoisotopic (exact) mass is 1160 g/mol. The van der Waals surface area contributed by atoms with Crippen molar-refractivity contribution >= 4 is 43.2 Å². The molecule has 0 spiro atoms. The van der Waals surface area contributed by atoms with E-state index in [9.17, 15) is 48.8 Å². The molecular formula is C49H60F4N14O9S3. The summed E-state index contributed by atoms with van der Waals surface area (Å²) >= 11 is 1.27. The zero-order chi connectivity index (χ0) is 54.4. The molecule has 2 saturated carbocycles. The van der Waals surface area contributed by atoms with Crippen molar-refractivity contribution in [2.45, 2.75) is 95.1 Å². The third kappa shape index (κ3) is 14.5. The molecule has 30 heteroatoms. The molecule has 0 bridgehead atoms. The van der Waals surface area contributed by atoms with Crippen LogP contribution in [0.2, 0.25) is 0 Å². The first-order chi connectivity index (χ1) is 36.9. The fourth-order valence-corrected chi connectivity index (χ4v) is 12.6. The van der Waals surface area contributed by atoms with E-state index in [-0.39, 0.29) is 114 Å². The second kappa shape index (κ2) is 25.9. The number of thioether (sulfide) groups is 1. The van der Waals surface area contributed by atoms with Crippen molar-refractivity contribution in [3.8, 4) is 22.9 Å². The van der Waals surface area contributed by atoms with Gasteiger partial charge in [0, 0.05) is 64.5 Å². The summed E-state index contributed by atoms with van der Waals surface area (Å²) in [5, 5.41) is 22.0. The van der Waals surface area contributed by atoms with Crippen LogP contribution < -0.4 is 36.1 Å². The summed E-state index contributed by atoms with van der Waals surface area (Å²) in [6.07, 6.45) is 13.8. The molecule has 2 saturated heterocycles. The number of aromatic nitrogens is 10. The third-order valence-corrected chi connectivity index (χ3v) is 17.3. The lowest BCUT2D eigenvalue weighted by Gasteiger charge is -2.36. The number of sulfonamides is 2. The van der Waals surface area contributed by atoms with Crippen LogP contribution in [-0.2, 0) is 31.6 Å². The third-order valence-electron chi connectivity index (χ3n) is 13.2. The number of nitrogens with one attached hydrogen (secondary N) is 1. The largest absolute Gasteiger partial charge is 0.483 e. The average Bonchev–Trinajstić information content (AvgIpc) is 4.16. The summed E-state index contributed by atoms with van der Waals surface area (Å²) in [7, 11) is -7.45. The molecule has 4 aliphatic rings. The van der Waals surface area contributed by atoms with E-state index in [2.05, 4.69) is 40.6 Å². The lowest BCUT2D eigenvalue weighted by atomic mass is 10.2. The zero-order valence-corrected chi connectivity index (χ0v) is 43.8.